The highest BCUT2D eigenvalue weighted by atomic mass is 16.2. The van der Waals surface area contributed by atoms with E-state index in [0.717, 1.165) is 30.6 Å². The lowest BCUT2D eigenvalue weighted by Gasteiger charge is -2.35. The maximum atomic E-state index is 12.9. The molecule has 0 bridgehead atoms. The predicted octanol–water partition coefficient (Wildman–Crippen LogP) is 3.78. The third kappa shape index (κ3) is 3.95. The molecule has 1 aliphatic rings. The van der Waals surface area contributed by atoms with Gasteiger partial charge in [-0.05, 0) is 55.8 Å². The van der Waals surface area contributed by atoms with Crippen LogP contribution in [0.5, 0.6) is 0 Å². The number of rotatable bonds is 4. The standard InChI is InChI=1S/C22H25N3O/c1-24-13-6-5-11-20(24)16-25(2)22(26)18-10-7-9-17(14-18)21-12-4-3-8-19(21)15-23/h3-4,7-10,12,14,20H,5-6,11,13,16H2,1-2H3/t20-/m0/s1. The molecule has 0 saturated carbocycles. The highest BCUT2D eigenvalue weighted by molar-refractivity contribution is 5.95. The van der Waals surface area contributed by atoms with Gasteiger partial charge in [0.15, 0.2) is 0 Å². The highest BCUT2D eigenvalue weighted by Crippen LogP contribution is 2.25. The first kappa shape index (κ1) is 18.2. The van der Waals surface area contributed by atoms with E-state index in [0.29, 0.717) is 17.2 Å². The second-order valence-corrected chi connectivity index (χ2v) is 7.05. The Hall–Kier alpha value is -2.64. The van der Waals surface area contributed by atoms with Crippen molar-refractivity contribution in [1.29, 1.82) is 5.26 Å². The Morgan fingerprint density at radius 1 is 1.23 bits per heavy atom. The number of amides is 1. The summed E-state index contributed by atoms with van der Waals surface area (Å²) in [7, 11) is 4.02. The lowest BCUT2D eigenvalue weighted by Crippen LogP contribution is -2.45. The Bertz CT molecular complexity index is 824. The summed E-state index contributed by atoms with van der Waals surface area (Å²) in [6.07, 6.45) is 3.62. The SMILES string of the molecule is CN(C[C@@H]1CCCCN1C)C(=O)c1cccc(-c2ccccc2C#N)c1. The van der Waals surface area contributed by atoms with Gasteiger partial charge in [0.25, 0.3) is 5.91 Å². The van der Waals surface area contributed by atoms with Crippen LogP contribution in [0.15, 0.2) is 48.5 Å². The number of nitriles is 1. The number of hydrogen-bond acceptors (Lipinski definition) is 3. The van der Waals surface area contributed by atoms with E-state index in [2.05, 4.69) is 18.0 Å². The summed E-state index contributed by atoms with van der Waals surface area (Å²) in [6.45, 7) is 1.85. The molecule has 0 unspecified atom stereocenters. The topological polar surface area (TPSA) is 47.3 Å². The maximum absolute atomic E-state index is 12.9. The van der Waals surface area contributed by atoms with E-state index < -0.39 is 0 Å². The van der Waals surface area contributed by atoms with Gasteiger partial charge in [-0.1, -0.05) is 36.8 Å². The number of nitrogens with zero attached hydrogens (tertiary/aromatic N) is 3. The Morgan fingerprint density at radius 3 is 2.81 bits per heavy atom. The van der Waals surface area contributed by atoms with Crippen molar-refractivity contribution >= 4 is 5.91 Å². The van der Waals surface area contributed by atoms with Crippen molar-refractivity contribution in [2.75, 3.05) is 27.2 Å². The molecule has 0 aliphatic carbocycles. The highest BCUT2D eigenvalue weighted by Gasteiger charge is 2.23. The largest absolute Gasteiger partial charge is 0.340 e. The van der Waals surface area contributed by atoms with E-state index in [4.69, 9.17) is 0 Å². The molecule has 1 heterocycles. The maximum Gasteiger partial charge on any atom is 0.253 e. The summed E-state index contributed by atoms with van der Waals surface area (Å²) in [5, 5.41) is 9.32. The van der Waals surface area contributed by atoms with Crippen molar-refractivity contribution in [2.24, 2.45) is 0 Å². The van der Waals surface area contributed by atoms with Gasteiger partial charge in [0.1, 0.15) is 0 Å². The van der Waals surface area contributed by atoms with Crippen molar-refractivity contribution in [3.63, 3.8) is 0 Å². The number of hydrogen-bond donors (Lipinski definition) is 0. The number of carbonyl (C=O) groups is 1. The van der Waals surface area contributed by atoms with Gasteiger partial charge < -0.3 is 9.80 Å². The molecular weight excluding hydrogens is 322 g/mol. The zero-order chi connectivity index (χ0) is 18.5. The van der Waals surface area contributed by atoms with Gasteiger partial charge in [-0.2, -0.15) is 5.26 Å². The molecule has 1 atom stereocenters. The average Bonchev–Trinajstić information content (AvgIpc) is 2.69. The second-order valence-electron chi connectivity index (χ2n) is 7.05. The van der Waals surface area contributed by atoms with E-state index >= 15 is 0 Å². The Kier molecular flexibility index (Phi) is 5.70. The average molecular weight is 347 g/mol. The molecule has 0 N–H and O–H groups in total. The lowest BCUT2D eigenvalue weighted by molar-refractivity contribution is 0.0717. The van der Waals surface area contributed by atoms with Crippen LogP contribution in [0.3, 0.4) is 0 Å². The first-order valence-corrected chi connectivity index (χ1v) is 9.15. The summed E-state index contributed by atoms with van der Waals surface area (Å²) in [6, 6.07) is 17.7. The number of likely N-dealkylation sites (tertiary alicyclic amines) is 1. The molecule has 1 fully saturated rings. The molecule has 3 rings (SSSR count). The van der Waals surface area contributed by atoms with Crippen molar-refractivity contribution in [3.8, 4) is 17.2 Å². The minimum absolute atomic E-state index is 0.0280. The Labute approximate surface area is 155 Å². The fourth-order valence-corrected chi connectivity index (χ4v) is 3.65. The Morgan fingerprint density at radius 2 is 2.04 bits per heavy atom. The van der Waals surface area contributed by atoms with Crippen molar-refractivity contribution in [1.82, 2.24) is 9.80 Å². The molecule has 0 radical (unpaired) electrons. The van der Waals surface area contributed by atoms with Crippen LogP contribution in [0.25, 0.3) is 11.1 Å². The fourth-order valence-electron chi connectivity index (χ4n) is 3.65. The molecular formula is C22H25N3O. The van der Waals surface area contributed by atoms with Gasteiger partial charge in [-0.25, -0.2) is 0 Å². The smallest absolute Gasteiger partial charge is 0.253 e. The van der Waals surface area contributed by atoms with Crippen LogP contribution in [0, 0.1) is 11.3 Å². The van der Waals surface area contributed by atoms with Crippen molar-refractivity contribution in [3.05, 3.63) is 59.7 Å². The van der Waals surface area contributed by atoms with Crippen LogP contribution >= 0.6 is 0 Å². The minimum atomic E-state index is 0.0280. The number of likely N-dealkylation sites (N-methyl/N-ethyl adjacent to an activating group) is 2. The first-order chi connectivity index (χ1) is 12.6. The van der Waals surface area contributed by atoms with Gasteiger partial charge in [-0.15, -0.1) is 0 Å². The second kappa shape index (κ2) is 8.16. The third-order valence-corrected chi connectivity index (χ3v) is 5.22. The quantitative estimate of drug-likeness (QED) is 0.845. The van der Waals surface area contributed by atoms with Crippen LogP contribution in [-0.4, -0.2) is 48.9 Å². The summed E-state index contributed by atoms with van der Waals surface area (Å²) >= 11 is 0. The lowest BCUT2D eigenvalue weighted by atomic mass is 9.98. The molecule has 134 valence electrons. The summed E-state index contributed by atoms with van der Waals surface area (Å²) < 4.78 is 0. The van der Waals surface area contributed by atoms with E-state index in [-0.39, 0.29) is 5.91 Å². The number of piperidine rings is 1. The number of benzene rings is 2. The van der Waals surface area contributed by atoms with E-state index in [1.54, 1.807) is 6.07 Å². The fraction of sp³-hybridized carbons (Fsp3) is 0.364. The normalized spacial score (nSPS) is 17.5. The molecule has 4 heteroatoms. The summed E-state index contributed by atoms with van der Waals surface area (Å²) in [5.41, 5.74) is 3.04. The van der Waals surface area contributed by atoms with Gasteiger partial charge in [0.2, 0.25) is 0 Å². The van der Waals surface area contributed by atoms with Gasteiger partial charge in [0.05, 0.1) is 11.6 Å². The zero-order valence-electron chi connectivity index (χ0n) is 15.5. The number of carbonyl (C=O) groups excluding carboxylic acids is 1. The van der Waals surface area contributed by atoms with Crippen molar-refractivity contribution < 1.29 is 4.79 Å². The van der Waals surface area contributed by atoms with Gasteiger partial charge in [-0.3, -0.25) is 4.79 Å². The molecule has 1 aliphatic heterocycles. The zero-order valence-corrected chi connectivity index (χ0v) is 15.5. The molecule has 4 nitrogen and oxygen atoms in total. The van der Waals surface area contributed by atoms with Crippen LogP contribution in [0.4, 0.5) is 0 Å². The molecule has 26 heavy (non-hydrogen) atoms. The molecule has 2 aromatic rings. The molecule has 1 saturated heterocycles. The van der Waals surface area contributed by atoms with Crippen LogP contribution < -0.4 is 0 Å². The first-order valence-electron chi connectivity index (χ1n) is 9.15. The predicted molar refractivity (Wildman–Crippen MR) is 104 cm³/mol. The van der Waals surface area contributed by atoms with Crippen LogP contribution in [0.2, 0.25) is 0 Å². The van der Waals surface area contributed by atoms with E-state index in [1.165, 1.54) is 12.8 Å². The molecule has 0 aromatic heterocycles. The van der Waals surface area contributed by atoms with Crippen LogP contribution in [-0.2, 0) is 0 Å². The van der Waals surface area contributed by atoms with E-state index in [9.17, 15) is 10.1 Å². The third-order valence-electron chi connectivity index (χ3n) is 5.22. The summed E-state index contributed by atoms with van der Waals surface area (Å²) in [5.74, 6) is 0.0280. The van der Waals surface area contributed by atoms with Gasteiger partial charge in [0, 0.05) is 25.2 Å². The minimum Gasteiger partial charge on any atom is -0.340 e. The van der Waals surface area contributed by atoms with Gasteiger partial charge >= 0.3 is 0 Å². The molecule has 0 spiro atoms. The van der Waals surface area contributed by atoms with Crippen molar-refractivity contribution in [2.45, 2.75) is 25.3 Å². The summed E-state index contributed by atoms with van der Waals surface area (Å²) in [4.78, 5) is 17.1. The monoisotopic (exact) mass is 347 g/mol. The van der Waals surface area contributed by atoms with Crippen LogP contribution in [0.1, 0.15) is 35.2 Å². The molecule has 1 amide bonds. The van der Waals surface area contributed by atoms with E-state index in [1.807, 2.05) is 54.4 Å². The Balaban J connectivity index is 1.79. The molecule has 2 aromatic carbocycles.